The van der Waals surface area contributed by atoms with Crippen LogP contribution >= 0.6 is 11.6 Å². The first kappa shape index (κ1) is 18.9. The monoisotopic (exact) mass is 359 g/mol. The van der Waals surface area contributed by atoms with Crippen molar-refractivity contribution < 1.29 is 14.3 Å². The lowest BCUT2D eigenvalue weighted by atomic mass is 9.84. The predicted octanol–water partition coefficient (Wildman–Crippen LogP) is 0.830. The molecular formula is C15H23ClFN5O2. The van der Waals surface area contributed by atoms with Gasteiger partial charge in [-0.1, -0.05) is 17.7 Å². The molecular weight excluding hydrogens is 337 g/mol. The summed E-state index contributed by atoms with van der Waals surface area (Å²) in [5.74, 6) is 4.46. The summed E-state index contributed by atoms with van der Waals surface area (Å²) in [7, 11) is 0. The van der Waals surface area contributed by atoms with E-state index in [1.807, 2.05) is 5.43 Å². The van der Waals surface area contributed by atoms with Crippen molar-refractivity contribution in [2.24, 2.45) is 5.84 Å². The molecule has 0 aliphatic carbocycles. The van der Waals surface area contributed by atoms with E-state index in [0.29, 0.717) is 43.1 Å². The third-order valence-corrected chi connectivity index (χ3v) is 4.46. The first-order chi connectivity index (χ1) is 11.4. The summed E-state index contributed by atoms with van der Waals surface area (Å²) >= 11 is 5.76. The van der Waals surface area contributed by atoms with Crippen LogP contribution < -0.4 is 22.1 Å². The van der Waals surface area contributed by atoms with E-state index >= 15 is 0 Å². The fraction of sp³-hybridized carbons (Fsp3) is 0.533. The lowest BCUT2D eigenvalue weighted by molar-refractivity contribution is -0.0285. The Morgan fingerprint density at radius 1 is 1.42 bits per heavy atom. The first-order valence-electron chi connectivity index (χ1n) is 7.84. The van der Waals surface area contributed by atoms with Crippen molar-refractivity contribution in [3.8, 4) is 0 Å². The van der Waals surface area contributed by atoms with Crippen LogP contribution in [0.4, 0.5) is 9.18 Å². The average Bonchev–Trinajstić information content (AvgIpc) is 2.56. The molecule has 1 heterocycles. The van der Waals surface area contributed by atoms with Gasteiger partial charge in [-0.25, -0.2) is 20.5 Å². The number of halogens is 2. The first-order valence-corrected chi connectivity index (χ1v) is 8.22. The van der Waals surface area contributed by atoms with Gasteiger partial charge in [-0.05, 0) is 37.9 Å². The van der Waals surface area contributed by atoms with E-state index in [9.17, 15) is 14.3 Å². The summed E-state index contributed by atoms with van der Waals surface area (Å²) in [6, 6.07) is 3.89. The van der Waals surface area contributed by atoms with Crippen LogP contribution in [0.1, 0.15) is 24.8 Å². The third kappa shape index (κ3) is 5.02. The average molecular weight is 360 g/mol. The Balaban J connectivity index is 1.75. The Morgan fingerprint density at radius 3 is 2.75 bits per heavy atom. The van der Waals surface area contributed by atoms with Gasteiger partial charge in [0.15, 0.2) is 0 Å². The highest BCUT2D eigenvalue weighted by Crippen LogP contribution is 2.35. The van der Waals surface area contributed by atoms with Gasteiger partial charge in [0.05, 0.1) is 5.60 Å². The maximum Gasteiger partial charge on any atom is 0.343 e. The number of piperidine rings is 1. The summed E-state index contributed by atoms with van der Waals surface area (Å²) in [5.41, 5.74) is 6.24. The number of nitrogens with zero attached hydrogens (tertiary/aromatic N) is 1. The van der Waals surface area contributed by atoms with Gasteiger partial charge in [-0.3, -0.25) is 10.9 Å². The van der Waals surface area contributed by atoms with Crippen LogP contribution in [0.15, 0.2) is 18.2 Å². The molecule has 0 saturated carbocycles. The minimum Gasteiger partial charge on any atom is -0.385 e. The largest absolute Gasteiger partial charge is 0.385 e. The van der Waals surface area contributed by atoms with Gasteiger partial charge in [0.1, 0.15) is 5.82 Å². The minimum absolute atomic E-state index is 0.310. The Morgan fingerprint density at radius 2 is 2.12 bits per heavy atom. The van der Waals surface area contributed by atoms with E-state index in [0.717, 1.165) is 13.0 Å². The number of benzene rings is 1. The van der Waals surface area contributed by atoms with Crippen LogP contribution in [0.25, 0.3) is 0 Å². The maximum absolute atomic E-state index is 14.0. The van der Waals surface area contributed by atoms with Gasteiger partial charge >= 0.3 is 6.03 Å². The number of urea groups is 1. The zero-order valence-electron chi connectivity index (χ0n) is 13.3. The van der Waals surface area contributed by atoms with Crippen LogP contribution in [0.3, 0.4) is 0 Å². The molecule has 0 unspecified atom stereocenters. The number of likely N-dealkylation sites (tertiary alicyclic amines) is 1. The number of hydrogen-bond acceptors (Lipinski definition) is 5. The zero-order valence-corrected chi connectivity index (χ0v) is 14.1. The number of nitrogens with two attached hydrogens (primary N) is 1. The number of rotatable bonds is 6. The van der Waals surface area contributed by atoms with Crippen molar-refractivity contribution in [3.63, 3.8) is 0 Å². The molecule has 134 valence electrons. The van der Waals surface area contributed by atoms with Gasteiger partial charge in [-0.15, -0.1) is 0 Å². The Bertz CT molecular complexity index is 567. The summed E-state index contributed by atoms with van der Waals surface area (Å²) in [5, 5.41) is 11.1. The van der Waals surface area contributed by atoms with Gasteiger partial charge in [0.25, 0.3) is 0 Å². The molecule has 1 aromatic carbocycles. The molecule has 1 aromatic rings. The van der Waals surface area contributed by atoms with Crippen LogP contribution in [0.2, 0.25) is 5.02 Å². The molecule has 0 bridgehead atoms. The highest BCUT2D eigenvalue weighted by atomic mass is 35.5. The quantitative estimate of drug-likeness (QED) is 0.224. The van der Waals surface area contributed by atoms with E-state index in [1.165, 1.54) is 6.07 Å². The molecule has 1 aliphatic heterocycles. The normalized spacial score (nSPS) is 17.5. The summed E-state index contributed by atoms with van der Waals surface area (Å²) in [6.45, 7) is 2.77. The third-order valence-electron chi connectivity index (χ3n) is 4.22. The van der Waals surface area contributed by atoms with Gasteiger partial charge in [0, 0.05) is 30.2 Å². The van der Waals surface area contributed by atoms with E-state index in [1.54, 1.807) is 12.1 Å². The molecule has 0 spiro atoms. The molecule has 24 heavy (non-hydrogen) atoms. The van der Waals surface area contributed by atoms with E-state index in [4.69, 9.17) is 17.4 Å². The van der Waals surface area contributed by atoms with Gasteiger partial charge in [-0.2, -0.15) is 0 Å². The molecule has 2 rings (SSSR count). The summed E-state index contributed by atoms with van der Waals surface area (Å²) in [6.07, 6.45) is 1.75. The molecule has 1 fully saturated rings. The highest BCUT2D eigenvalue weighted by molar-refractivity contribution is 6.30. The lowest BCUT2D eigenvalue weighted by Crippen LogP contribution is -2.48. The fourth-order valence-electron chi connectivity index (χ4n) is 2.85. The van der Waals surface area contributed by atoms with Crippen LogP contribution in [-0.4, -0.2) is 42.2 Å². The van der Waals surface area contributed by atoms with Gasteiger partial charge in [0.2, 0.25) is 0 Å². The number of nitrogens with one attached hydrogen (secondary N) is 3. The molecule has 0 aromatic heterocycles. The second kappa shape index (κ2) is 8.59. The molecule has 7 nitrogen and oxygen atoms in total. The van der Waals surface area contributed by atoms with Crippen LogP contribution in [0, 0.1) is 5.82 Å². The second-order valence-corrected chi connectivity index (χ2v) is 6.31. The zero-order chi connectivity index (χ0) is 17.6. The van der Waals surface area contributed by atoms with Crippen molar-refractivity contribution >= 4 is 17.6 Å². The molecule has 1 saturated heterocycles. The number of hydrogen-bond donors (Lipinski definition) is 5. The predicted molar refractivity (Wildman–Crippen MR) is 89.5 cm³/mol. The molecule has 0 radical (unpaired) electrons. The lowest BCUT2D eigenvalue weighted by Gasteiger charge is -2.38. The molecule has 9 heteroatoms. The molecule has 6 N–H and O–H groups in total. The Labute approximate surface area is 145 Å². The van der Waals surface area contributed by atoms with Crippen molar-refractivity contribution in [1.29, 1.82) is 0 Å². The van der Waals surface area contributed by atoms with E-state index < -0.39 is 17.4 Å². The number of carbonyl (C=O) groups excluding carboxylic acids is 1. The number of hydrazine groups is 2. The Kier molecular flexibility index (Phi) is 6.76. The maximum atomic E-state index is 14.0. The SMILES string of the molecule is NNC(=O)NNCCCN1CCC(O)(c2ccc(Cl)cc2F)CC1. The fourth-order valence-corrected chi connectivity index (χ4v) is 3.01. The van der Waals surface area contributed by atoms with Gasteiger partial charge < -0.3 is 10.0 Å². The molecule has 1 aliphatic rings. The van der Waals surface area contributed by atoms with Crippen molar-refractivity contribution in [3.05, 3.63) is 34.6 Å². The highest BCUT2D eigenvalue weighted by Gasteiger charge is 2.35. The number of aliphatic hydroxyl groups is 1. The Hall–Kier alpha value is -1.45. The molecule has 2 amide bonds. The van der Waals surface area contributed by atoms with Crippen LogP contribution in [-0.2, 0) is 5.60 Å². The summed E-state index contributed by atoms with van der Waals surface area (Å²) in [4.78, 5) is 13.0. The van der Waals surface area contributed by atoms with Crippen molar-refractivity contribution in [2.75, 3.05) is 26.2 Å². The van der Waals surface area contributed by atoms with Crippen LogP contribution in [0.5, 0.6) is 0 Å². The summed E-state index contributed by atoms with van der Waals surface area (Å²) < 4.78 is 14.0. The molecule has 0 atom stereocenters. The van der Waals surface area contributed by atoms with Crippen molar-refractivity contribution in [1.82, 2.24) is 21.2 Å². The van der Waals surface area contributed by atoms with E-state index in [-0.39, 0.29) is 0 Å². The standard InChI is InChI=1S/C15H23ClFN5O2/c16-11-2-3-12(13(17)10-11)15(24)4-8-22(9-5-15)7-1-6-19-21-14(23)20-18/h2-3,10,19,24H,1,4-9,18H2,(H2,20,21,23). The smallest absolute Gasteiger partial charge is 0.343 e. The topological polar surface area (TPSA) is 103 Å². The second-order valence-electron chi connectivity index (χ2n) is 5.88. The number of amides is 2. The van der Waals surface area contributed by atoms with Crippen molar-refractivity contribution in [2.45, 2.75) is 24.9 Å². The van der Waals surface area contributed by atoms with E-state index in [2.05, 4.69) is 15.8 Å². The minimum atomic E-state index is -1.15. The number of carbonyl (C=O) groups is 1.